The third-order valence-electron chi connectivity index (χ3n) is 3.64. The topological polar surface area (TPSA) is 55.4 Å². The summed E-state index contributed by atoms with van der Waals surface area (Å²) in [6.45, 7) is 0.206. The van der Waals surface area contributed by atoms with Gasteiger partial charge in [0.15, 0.2) is 5.78 Å². The van der Waals surface area contributed by atoms with Crippen LogP contribution in [0.1, 0.15) is 21.5 Å². The molecule has 124 valence electrons. The van der Waals surface area contributed by atoms with E-state index >= 15 is 0 Å². The predicted octanol–water partition coefficient (Wildman–Crippen LogP) is 4.67. The van der Waals surface area contributed by atoms with Crippen LogP contribution in [0.15, 0.2) is 84.9 Å². The summed E-state index contributed by atoms with van der Waals surface area (Å²) in [4.78, 5) is 24.2. The van der Waals surface area contributed by atoms with Crippen LogP contribution in [0.4, 0.5) is 10.5 Å². The molecule has 0 bridgehead atoms. The largest absolute Gasteiger partial charge is 0.444 e. The van der Waals surface area contributed by atoms with E-state index in [9.17, 15) is 9.59 Å². The Morgan fingerprint density at radius 1 is 0.720 bits per heavy atom. The minimum atomic E-state index is -0.536. The molecule has 0 saturated carbocycles. The Labute approximate surface area is 146 Å². The first-order valence-corrected chi connectivity index (χ1v) is 7.90. The fraction of sp³-hybridized carbons (Fsp3) is 0.0476. The van der Waals surface area contributed by atoms with Crippen molar-refractivity contribution in [3.63, 3.8) is 0 Å². The highest BCUT2D eigenvalue weighted by Crippen LogP contribution is 2.14. The molecule has 1 N–H and O–H groups in total. The number of benzene rings is 3. The number of ketones is 1. The van der Waals surface area contributed by atoms with Crippen LogP contribution in [0.5, 0.6) is 0 Å². The molecule has 0 aliphatic carbocycles. The number of amides is 1. The van der Waals surface area contributed by atoms with E-state index in [1.165, 1.54) is 0 Å². The molecular formula is C21H17NO3. The lowest BCUT2D eigenvalue weighted by Crippen LogP contribution is -2.13. The van der Waals surface area contributed by atoms with Gasteiger partial charge in [-0.15, -0.1) is 0 Å². The van der Waals surface area contributed by atoms with Crippen molar-refractivity contribution in [2.75, 3.05) is 5.32 Å². The molecule has 0 aliphatic heterocycles. The minimum absolute atomic E-state index is 0.0567. The van der Waals surface area contributed by atoms with Crippen LogP contribution < -0.4 is 5.32 Å². The van der Waals surface area contributed by atoms with Crippen LogP contribution in [0.25, 0.3) is 0 Å². The van der Waals surface area contributed by atoms with E-state index in [2.05, 4.69) is 5.32 Å². The molecular weight excluding hydrogens is 314 g/mol. The maximum atomic E-state index is 12.3. The van der Waals surface area contributed by atoms with Crippen molar-refractivity contribution in [3.8, 4) is 0 Å². The average Bonchev–Trinajstić information content (AvgIpc) is 2.68. The summed E-state index contributed by atoms with van der Waals surface area (Å²) in [6, 6.07) is 25.2. The van der Waals surface area contributed by atoms with E-state index < -0.39 is 6.09 Å². The molecule has 3 aromatic rings. The molecule has 3 aromatic carbocycles. The molecule has 0 fully saturated rings. The van der Waals surface area contributed by atoms with Gasteiger partial charge in [0.25, 0.3) is 0 Å². The molecule has 25 heavy (non-hydrogen) atoms. The van der Waals surface area contributed by atoms with Crippen molar-refractivity contribution in [1.29, 1.82) is 0 Å². The molecule has 0 unspecified atom stereocenters. The standard InChI is InChI=1S/C21H17NO3/c23-20(17-9-5-2-6-10-17)18-11-13-19(14-12-18)22-21(24)25-15-16-7-3-1-4-8-16/h1-14H,15H2,(H,22,24). The Balaban J connectivity index is 1.57. The van der Waals surface area contributed by atoms with Crippen molar-refractivity contribution in [2.45, 2.75) is 6.61 Å². The Kier molecular flexibility index (Phi) is 5.22. The molecule has 0 aromatic heterocycles. The zero-order chi connectivity index (χ0) is 17.5. The molecule has 0 spiro atoms. The maximum Gasteiger partial charge on any atom is 0.411 e. The zero-order valence-corrected chi connectivity index (χ0v) is 13.5. The van der Waals surface area contributed by atoms with Gasteiger partial charge in [-0.05, 0) is 29.8 Å². The van der Waals surface area contributed by atoms with Gasteiger partial charge in [0.05, 0.1) is 0 Å². The van der Waals surface area contributed by atoms with Crippen LogP contribution in [0.3, 0.4) is 0 Å². The van der Waals surface area contributed by atoms with Gasteiger partial charge in [0, 0.05) is 16.8 Å². The van der Waals surface area contributed by atoms with Crippen LogP contribution in [0.2, 0.25) is 0 Å². The van der Waals surface area contributed by atoms with Crippen molar-refractivity contribution in [1.82, 2.24) is 0 Å². The normalized spacial score (nSPS) is 10.1. The summed E-state index contributed by atoms with van der Waals surface area (Å²) < 4.78 is 5.16. The van der Waals surface area contributed by atoms with Gasteiger partial charge in [-0.2, -0.15) is 0 Å². The Hall–Kier alpha value is -3.40. The number of rotatable bonds is 5. The number of nitrogens with one attached hydrogen (secondary N) is 1. The van der Waals surface area contributed by atoms with Crippen molar-refractivity contribution in [2.24, 2.45) is 0 Å². The second-order valence-electron chi connectivity index (χ2n) is 5.46. The lowest BCUT2D eigenvalue weighted by molar-refractivity contribution is 0.103. The summed E-state index contributed by atoms with van der Waals surface area (Å²) in [6.07, 6.45) is -0.536. The predicted molar refractivity (Wildman–Crippen MR) is 96.6 cm³/mol. The van der Waals surface area contributed by atoms with Gasteiger partial charge in [-0.3, -0.25) is 10.1 Å². The van der Waals surface area contributed by atoms with E-state index in [4.69, 9.17) is 4.74 Å². The zero-order valence-electron chi connectivity index (χ0n) is 13.5. The molecule has 0 radical (unpaired) electrons. The second kappa shape index (κ2) is 7.93. The van der Waals surface area contributed by atoms with Crippen LogP contribution >= 0.6 is 0 Å². The number of hydrogen-bond acceptors (Lipinski definition) is 3. The number of carbonyl (C=O) groups is 2. The first-order chi connectivity index (χ1) is 12.2. The molecule has 3 rings (SSSR count). The summed E-state index contributed by atoms with van der Waals surface area (Å²) >= 11 is 0. The number of hydrogen-bond donors (Lipinski definition) is 1. The van der Waals surface area contributed by atoms with Gasteiger partial charge < -0.3 is 4.74 Å². The van der Waals surface area contributed by atoms with Gasteiger partial charge >= 0.3 is 6.09 Å². The van der Waals surface area contributed by atoms with Gasteiger partial charge in [-0.25, -0.2) is 4.79 Å². The fourth-order valence-corrected chi connectivity index (χ4v) is 2.34. The molecule has 0 aliphatic rings. The fourth-order valence-electron chi connectivity index (χ4n) is 2.34. The van der Waals surface area contributed by atoms with Crippen LogP contribution in [-0.4, -0.2) is 11.9 Å². The molecule has 0 saturated heterocycles. The lowest BCUT2D eigenvalue weighted by Gasteiger charge is -2.08. The highest BCUT2D eigenvalue weighted by molar-refractivity contribution is 6.09. The number of carbonyl (C=O) groups excluding carboxylic acids is 2. The number of ether oxygens (including phenoxy) is 1. The van der Waals surface area contributed by atoms with Crippen molar-refractivity contribution < 1.29 is 14.3 Å². The van der Waals surface area contributed by atoms with E-state index in [-0.39, 0.29) is 12.4 Å². The van der Waals surface area contributed by atoms with E-state index in [1.807, 2.05) is 48.5 Å². The van der Waals surface area contributed by atoms with Crippen molar-refractivity contribution in [3.05, 3.63) is 102 Å². The van der Waals surface area contributed by atoms with Gasteiger partial charge in [0.2, 0.25) is 0 Å². The van der Waals surface area contributed by atoms with Gasteiger partial charge in [-0.1, -0.05) is 60.7 Å². The van der Waals surface area contributed by atoms with Gasteiger partial charge in [0.1, 0.15) is 6.61 Å². The molecule has 4 nitrogen and oxygen atoms in total. The van der Waals surface area contributed by atoms with E-state index in [1.54, 1.807) is 36.4 Å². The first kappa shape index (κ1) is 16.5. The summed E-state index contributed by atoms with van der Waals surface area (Å²) in [7, 11) is 0. The average molecular weight is 331 g/mol. The van der Waals surface area contributed by atoms with Crippen LogP contribution in [-0.2, 0) is 11.3 Å². The Bertz CT molecular complexity index is 843. The third-order valence-corrected chi connectivity index (χ3v) is 3.64. The van der Waals surface area contributed by atoms with E-state index in [0.29, 0.717) is 16.8 Å². The summed E-state index contributed by atoms with van der Waals surface area (Å²) in [5.74, 6) is -0.0567. The monoisotopic (exact) mass is 331 g/mol. The van der Waals surface area contributed by atoms with Crippen molar-refractivity contribution >= 4 is 17.6 Å². The minimum Gasteiger partial charge on any atom is -0.444 e. The smallest absolute Gasteiger partial charge is 0.411 e. The number of anilines is 1. The molecule has 1 amide bonds. The SMILES string of the molecule is O=C(Nc1ccc(C(=O)c2ccccc2)cc1)OCc1ccccc1. The molecule has 4 heteroatoms. The maximum absolute atomic E-state index is 12.3. The van der Waals surface area contributed by atoms with Crippen LogP contribution in [0, 0.1) is 0 Å². The highest BCUT2D eigenvalue weighted by atomic mass is 16.5. The highest BCUT2D eigenvalue weighted by Gasteiger charge is 2.09. The summed E-state index contributed by atoms with van der Waals surface area (Å²) in [5, 5.41) is 2.65. The third kappa shape index (κ3) is 4.54. The second-order valence-corrected chi connectivity index (χ2v) is 5.46. The summed E-state index contributed by atoms with van der Waals surface area (Å²) in [5.41, 5.74) is 2.68. The Morgan fingerprint density at radius 2 is 1.28 bits per heavy atom. The quantitative estimate of drug-likeness (QED) is 0.691. The molecule has 0 heterocycles. The van der Waals surface area contributed by atoms with E-state index in [0.717, 1.165) is 5.56 Å². The lowest BCUT2D eigenvalue weighted by atomic mass is 10.0. The molecule has 0 atom stereocenters. The first-order valence-electron chi connectivity index (χ1n) is 7.90. The Morgan fingerprint density at radius 3 is 1.92 bits per heavy atom.